The largest absolute Gasteiger partial charge is 0.399 e. The minimum atomic E-state index is -3.78. The third kappa shape index (κ3) is 3.76. The summed E-state index contributed by atoms with van der Waals surface area (Å²) < 4.78 is 22.8. The summed E-state index contributed by atoms with van der Waals surface area (Å²) in [5.74, 6) is 0. The lowest BCUT2D eigenvalue weighted by atomic mass is 10.2. The van der Waals surface area contributed by atoms with Gasteiger partial charge in [0.2, 0.25) is 10.0 Å². The van der Waals surface area contributed by atoms with Gasteiger partial charge in [0.1, 0.15) is 4.90 Å². The van der Waals surface area contributed by atoms with E-state index in [1.807, 2.05) is 6.92 Å². The van der Waals surface area contributed by atoms with Gasteiger partial charge in [-0.2, -0.15) is 0 Å². The van der Waals surface area contributed by atoms with Crippen LogP contribution in [0.2, 0.25) is 0 Å². The fraction of sp³-hybridized carbons (Fsp3) is 0.273. The van der Waals surface area contributed by atoms with Crippen LogP contribution >= 0.6 is 0 Å². The highest BCUT2D eigenvalue weighted by molar-refractivity contribution is 7.89. The zero-order valence-electron chi connectivity index (χ0n) is 9.68. The summed E-state index contributed by atoms with van der Waals surface area (Å²) in [4.78, 5) is 0.00779. The number of primary sulfonamides is 1. The highest BCUT2D eigenvalue weighted by Gasteiger charge is 2.15. The van der Waals surface area contributed by atoms with Crippen molar-refractivity contribution in [3.05, 3.63) is 30.9 Å². The molecule has 0 saturated carbocycles. The summed E-state index contributed by atoms with van der Waals surface area (Å²) in [5.41, 5.74) is 6.36. The predicted molar refractivity (Wildman–Crippen MR) is 70.1 cm³/mol. The van der Waals surface area contributed by atoms with Crippen molar-refractivity contribution in [2.45, 2.75) is 24.3 Å². The molecule has 0 aliphatic carbocycles. The van der Waals surface area contributed by atoms with E-state index in [1.165, 1.54) is 6.07 Å². The molecule has 5 N–H and O–H groups in total. The van der Waals surface area contributed by atoms with E-state index in [0.29, 0.717) is 17.8 Å². The molecule has 0 aliphatic rings. The molecule has 0 bridgehead atoms. The first-order valence-corrected chi connectivity index (χ1v) is 6.69. The van der Waals surface area contributed by atoms with E-state index >= 15 is 0 Å². The molecule has 1 rings (SSSR count). The van der Waals surface area contributed by atoms with Crippen LogP contribution in [0.4, 0.5) is 11.4 Å². The van der Waals surface area contributed by atoms with Crippen molar-refractivity contribution in [2.24, 2.45) is 5.14 Å². The van der Waals surface area contributed by atoms with Gasteiger partial charge in [0, 0.05) is 11.7 Å². The molecule has 0 amide bonds. The van der Waals surface area contributed by atoms with Crippen molar-refractivity contribution in [2.75, 3.05) is 11.1 Å². The monoisotopic (exact) mass is 255 g/mol. The molecule has 0 spiro atoms. The standard InChI is InChI=1S/C11H17N3O2S/c1-3-4-8(2)14-10-6-5-9(12)7-11(10)17(13,15)16/h3,5-8,14H,1,4,12H2,2H3,(H2,13,15,16). The molecule has 0 fully saturated rings. The van der Waals surface area contributed by atoms with Crippen LogP contribution < -0.4 is 16.2 Å². The summed E-state index contributed by atoms with van der Waals surface area (Å²) in [6.45, 7) is 5.55. The molecule has 0 radical (unpaired) electrons. The minimum absolute atomic E-state index is 0.00779. The Bertz CT molecular complexity index is 511. The van der Waals surface area contributed by atoms with Crippen molar-refractivity contribution < 1.29 is 8.42 Å². The number of rotatable bonds is 5. The highest BCUT2D eigenvalue weighted by Crippen LogP contribution is 2.23. The maximum atomic E-state index is 11.4. The van der Waals surface area contributed by atoms with E-state index in [1.54, 1.807) is 18.2 Å². The first kappa shape index (κ1) is 13.5. The molecule has 0 heterocycles. The number of sulfonamides is 1. The number of nitrogen functional groups attached to an aromatic ring is 1. The number of benzene rings is 1. The summed E-state index contributed by atoms with van der Waals surface area (Å²) in [6.07, 6.45) is 2.47. The summed E-state index contributed by atoms with van der Waals surface area (Å²) >= 11 is 0. The average Bonchev–Trinajstić information content (AvgIpc) is 2.19. The third-order valence-corrected chi connectivity index (χ3v) is 3.19. The maximum Gasteiger partial charge on any atom is 0.240 e. The van der Waals surface area contributed by atoms with Crippen LogP contribution in [0.15, 0.2) is 35.7 Å². The predicted octanol–water partition coefficient (Wildman–Crippen LogP) is 1.29. The van der Waals surface area contributed by atoms with E-state index in [4.69, 9.17) is 10.9 Å². The summed E-state index contributed by atoms with van der Waals surface area (Å²) in [5, 5.41) is 8.19. The van der Waals surface area contributed by atoms with Gasteiger partial charge in [0.05, 0.1) is 5.69 Å². The second-order valence-electron chi connectivity index (χ2n) is 3.87. The molecular formula is C11H17N3O2S. The van der Waals surface area contributed by atoms with Gasteiger partial charge in [-0.05, 0) is 31.5 Å². The van der Waals surface area contributed by atoms with Crippen LogP contribution in [0.1, 0.15) is 13.3 Å². The van der Waals surface area contributed by atoms with Crippen LogP contribution in [0.3, 0.4) is 0 Å². The summed E-state index contributed by atoms with van der Waals surface area (Å²) in [6, 6.07) is 4.64. The molecule has 6 heteroatoms. The topological polar surface area (TPSA) is 98.2 Å². The lowest BCUT2D eigenvalue weighted by Crippen LogP contribution is -2.19. The van der Waals surface area contributed by atoms with Crippen LogP contribution in [-0.4, -0.2) is 14.5 Å². The van der Waals surface area contributed by atoms with Gasteiger partial charge in [-0.25, -0.2) is 13.6 Å². The first-order chi connectivity index (χ1) is 7.84. The molecule has 1 aromatic rings. The van der Waals surface area contributed by atoms with Crippen molar-refractivity contribution in [1.29, 1.82) is 0 Å². The molecule has 1 unspecified atom stereocenters. The Morgan fingerprint density at radius 2 is 2.18 bits per heavy atom. The normalized spacial score (nSPS) is 13.1. The second-order valence-corrected chi connectivity index (χ2v) is 5.40. The zero-order valence-corrected chi connectivity index (χ0v) is 10.5. The van der Waals surface area contributed by atoms with E-state index in [-0.39, 0.29) is 10.9 Å². The fourth-order valence-electron chi connectivity index (χ4n) is 1.47. The Labute approximate surface area is 102 Å². The Balaban J connectivity index is 3.11. The Morgan fingerprint density at radius 3 is 2.71 bits per heavy atom. The van der Waals surface area contributed by atoms with Crippen molar-refractivity contribution in [3.63, 3.8) is 0 Å². The molecule has 5 nitrogen and oxygen atoms in total. The number of nitrogens with one attached hydrogen (secondary N) is 1. The second kappa shape index (κ2) is 5.20. The van der Waals surface area contributed by atoms with Gasteiger partial charge >= 0.3 is 0 Å². The van der Waals surface area contributed by atoms with E-state index in [0.717, 1.165) is 0 Å². The lowest BCUT2D eigenvalue weighted by molar-refractivity contribution is 0.598. The van der Waals surface area contributed by atoms with Gasteiger partial charge in [-0.15, -0.1) is 6.58 Å². The van der Waals surface area contributed by atoms with Gasteiger partial charge < -0.3 is 11.1 Å². The van der Waals surface area contributed by atoms with Gasteiger partial charge in [-0.1, -0.05) is 6.08 Å². The third-order valence-electron chi connectivity index (χ3n) is 2.23. The molecule has 17 heavy (non-hydrogen) atoms. The zero-order chi connectivity index (χ0) is 13.1. The average molecular weight is 255 g/mol. The minimum Gasteiger partial charge on any atom is -0.399 e. The van der Waals surface area contributed by atoms with Crippen LogP contribution in [0.25, 0.3) is 0 Å². The molecule has 1 aromatic carbocycles. The lowest BCUT2D eigenvalue weighted by Gasteiger charge is -2.16. The number of hydrogen-bond acceptors (Lipinski definition) is 4. The van der Waals surface area contributed by atoms with E-state index in [2.05, 4.69) is 11.9 Å². The summed E-state index contributed by atoms with van der Waals surface area (Å²) in [7, 11) is -3.78. The Morgan fingerprint density at radius 1 is 1.53 bits per heavy atom. The SMILES string of the molecule is C=CCC(C)Nc1ccc(N)cc1S(N)(=O)=O. The smallest absolute Gasteiger partial charge is 0.240 e. The van der Waals surface area contributed by atoms with Crippen molar-refractivity contribution >= 4 is 21.4 Å². The molecule has 94 valence electrons. The van der Waals surface area contributed by atoms with E-state index in [9.17, 15) is 8.42 Å². The highest BCUT2D eigenvalue weighted by atomic mass is 32.2. The molecular weight excluding hydrogens is 238 g/mol. The number of hydrogen-bond donors (Lipinski definition) is 3. The van der Waals surface area contributed by atoms with Crippen molar-refractivity contribution in [3.8, 4) is 0 Å². The number of anilines is 2. The molecule has 1 atom stereocenters. The van der Waals surface area contributed by atoms with Gasteiger partial charge in [-0.3, -0.25) is 0 Å². The Kier molecular flexibility index (Phi) is 4.14. The Hall–Kier alpha value is -1.53. The van der Waals surface area contributed by atoms with Crippen LogP contribution in [-0.2, 0) is 10.0 Å². The van der Waals surface area contributed by atoms with Gasteiger partial charge in [0.25, 0.3) is 0 Å². The first-order valence-electron chi connectivity index (χ1n) is 5.14. The maximum absolute atomic E-state index is 11.4. The fourth-order valence-corrected chi connectivity index (χ4v) is 2.20. The van der Waals surface area contributed by atoms with Crippen molar-refractivity contribution in [1.82, 2.24) is 0 Å². The molecule has 0 aliphatic heterocycles. The quantitative estimate of drug-likeness (QED) is 0.545. The van der Waals surface area contributed by atoms with Crippen LogP contribution in [0, 0.1) is 0 Å². The molecule has 0 saturated heterocycles. The van der Waals surface area contributed by atoms with Crippen LogP contribution in [0.5, 0.6) is 0 Å². The molecule has 0 aromatic heterocycles. The van der Waals surface area contributed by atoms with E-state index < -0.39 is 10.0 Å². The van der Waals surface area contributed by atoms with Gasteiger partial charge in [0.15, 0.2) is 0 Å². The number of nitrogens with two attached hydrogens (primary N) is 2.